The van der Waals surface area contributed by atoms with Crippen molar-refractivity contribution in [3.63, 3.8) is 0 Å². The van der Waals surface area contributed by atoms with Crippen LogP contribution in [-0.2, 0) is 0 Å². The molecule has 1 aromatic heterocycles. The number of nitrogens with one attached hydrogen (secondary N) is 1. The van der Waals surface area contributed by atoms with Gasteiger partial charge in [-0.1, -0.05) is 12.8 Å². The van der Waals surface area contributed by atoms with Crippen LogP contribution in [0.3, 0.4) is 0 Å². The molecule has 1 fully saturated rings. The molecule has 0 radical (unpaired) electrons. The summed E-state index contributed by atoms with van der Waals surface area (Å²) in [5.74, 6) is 0.682. The van der Waals surface area contributed by atoms with Crippen LogP contribution in [0.5, 0.6) is 0 Å². The lowest BCUT2D eigenvalue weighted by Crippen LogP contribution is -2.34. The molecule has 1 saturated carbocycles. The molecular weight excluding hydrogens is 248 g/mol. The zero-order valence-electron chi connectivity index (χ0n) is 10.6. The number of aliphatic hydroxyl groups is 1. The Morgan fingerprint density at radius 3 is 2.89 bits per heavy atom. The molecule has 0 aliphatic heterocycles. The van der Waals surface area contributed by atoms with Crippen molar-refractivity contribution in [1.82, 2.24) is 4.98 Å². The van der Waals surface area contributed by atoms with Crippen molar-refractivity contribution < 1.29 is 10.0 Å². The first kappa shape index (κ1) is 13.5. The van der Waals surface area contributed by atoms with Gasteiger partial charge in [-0.3, -0.25) is 10.1 Å². The highest BCUT2D eigenvalue weighted by molar-refractivity contribution is 5.53. The highest BCUT2D eigenvalue weighted by atomic mass is 16.6. The summed E-state index contributed by atoms with van der Waals surface area (Å²) in [6, 6.07) is 2.70. The molecule has 0 amide bonds. The second-order valence-corrected chi connectivity index (χ2v) is 4.87. The Labute approximate surface area is 111 Å². The summed E-state index contributed by atoms with van der Waals surface area (Å²) in [6.45, 7) is 0.113. The molecule has 1 aliphatic rings. The molecule has 0 bridgehead atoms. The van der Waals surface area contributed by atoms with E-state index in [9.17, 15) is 15.2 Å². The zero-order valence-corrected chi connectivity index (χ0v) is 10.6. The minimum atomic E-state index is -0.492. The highest BCUT2D eigenvalue weighted by Crippen LogP contribution is 2.28. The van der Waals surface area contributed by atoms with Crippen LogP contribution in [0.25, 0.3) is 0 Å². The molecule has 1 aliphatic carbocycles. The maximum absolute atomic E-state index is 10.8. The third kappa shape index (κ3) is 3.31. The van der Waals surface area contributed by atoms with E-state index in [-0.39, 0.29) is 30.1 Å². The lowest BCUT2D eigenvalue weighted by Gasteiger charge is -2.31. The molecule has 4 N–H and O–H groups in total. The number of aliphatic hydroxyl groups excluding tert-OH is 1. The average Bonchev–Trinajstić information content (AvgIpc) is 2.38. The molecule has 0 saturated heterocycles. The van der Waals surface area contributed by atoms with E-state index in [4.69, 9.17) is 5.73 Å². The maximum atomic E-state index is 10.8. The van der Waals surface area contributed by atoms with Gasteiger partial charge < -0.3 is 16.2 Å². The number of nitrogens with two attached hydrogens (primary N) is 1. The Morgan fingerprint density at radius 2 is 2.21 bits per heavy atom. The van der Waals surface area contributed by atoms with E-state index in [1.54, 1.807) is 0 Å². The van der Waals surface area contributed by atoms with Crippen molar-refractivity contribution >= 4 is 17.3 Å². The van der Waals surface area contributed by atoms with E-state index in [2.05, 4.69) is 10.3 Å². The molecule has 7 heteroatoms. The molecule has 2 atom stereocenters. The first-order valence-electron chi connectivity index (χ1n) is 6.39. The van der Waals surface area contributed by atoms with Crippen molar-refractivity contribution in [2.75, 3.05) is 17.7 Å². The predicted octanol–water partition coefficient (Wildman–Crippen LogP) is 1.53. The number of anilines is 2. The summed E-state index contributed by atoms with van der Waals surface area (Å²) >= 11 is 0. The van der Waals surface area contributed by atoms with Crippen LogP contribution in [0.15, 0.2) is 12.1 Å². The zero-order chi connectivity index (χ0) is 13.8. The van der Waals surface area contributed by atoms with Gasteiger partial charge in [-0.2, -0.15) is 0 Å². The number of nitro groups is 1. The molecular formula is C12H18N4O3. The van der Waals surface area contributed by atoms with Crippen molar-refractivity contribution in [3.05, 3.63) is 22.2 Å². The standard InChI is InChI=1S/C12H18N4O3/c13-11-5-9(16(18)19)6-12(15-11)14-10-4-2-1-3-8(10)7-17/h5-6,8,10,17H,1-4,7H2,(H3,13,14,15). The summed E-state index contributed by atoms with van der Waals surface area (Å²) in [5.41, 5.74) is 5.49. The summed E-state index contributed by atoms with van der Waals surface area (Å²) in [6.07, 6.45) is 4.07. The van der Waals surface area contributed by atoms with E-state index < -0.39 is 4.92 Å². The Morgan fingerprint density at radius 1 is 1.47 bits per heavy atom. The Bertz CT molecular complexity index is 466. The Kier molecular flexibility index (Phi) is 4.16. The minimum absolute atomic E-state index is 0.0774. The summed E-state index contributed by atoms with van der Waals surface area (Å²) in [4.78, 5) is 14.3. The molecule has 2 rings (SSSR count). The van der Waals surface area contributed by atoms with Gasteiger partial charge in [0, 0.05) is 18.6 Å². The molecule has 1 aromatic rings. The van der Waals surface area contributed by atoms with Gasteiger partial charge >= 0.3 is 0 Å². The fourth-order valence-corrected chi connectivity index (χ4v) is 2.52. The number of nitrogen functional groups attached to an aromatic ring is 1. The highest BCUT2D eigenvalue weighted by Gasteiger charge is 2.25. The van der Waals surface area contributed by atoms with Crippen LogP contribution in [0.1, 0.15) is 25.7 Å². The molecule has 1 heterocycles. The van der Waals surface area contributed by atoms with E-state index in [0.717, 1.165) is 25.7 Å². The topological polar surface area (TPSA) is 114 Å². The van der Waals surface area contributed by atoms with Crippen molar-refractivity contribution in [1.29, 1.82) is 0 Å². The number of nitrogens with zero attached hydrogens (tertiary/aromatic N) is 2. The van der Waals surface area contributed by atoms with Gasteiger partial charge in [-0.25, -0.2) is 4.98 Å². The van der Waals surface area contributed by atoms with Crippen LogP contribution in [-0.4, -0.2) is 27.7 Å². The van der Waals surface area contributed by atoms with Gasteiger partial charge in [0.05, 0.1) is 17.1 Å². The Balaban J connectivity index is 2.15. The van der Waals surface area contributed by atoms with Gasteiger partial charge in [0.25, 0.3) is 5.69 Å². The first-order valence-corrected chi connectivity index (χ1v) is 6.39. The maximum Gasteiger partial charge on any atom is 0.276 e. The van der Waals surface area contributed by atoms with E-state index >= 15 is 0 Å². The van der Waals surface area contributed by atoms with Crippen molar-refractivity contribution in [3.8, 4) is 0 Å². The number of hydrogen-bond acceptors (Lipinski definition) is 6. The smallest absolute Gasteiger partial charge is 0.276 e. The van der Waals surface area contributed by atoms with Gasteiger partial charge in [0.1, 0.15) is 11.6 Å². The van der Waals surface area contributed by atoms with Crippen LogP contribution in [0.4, 0.5) is 17.3 Å². The predicted molar refractivity (Wildman–Crippen MR) is 71.8 cm³/mol. The lowest BCUT2D eigenvalue weighted by atomic mass is 9.85. The molecule has 19 heavy (non-hydrogen) atoms. The van der Waals surface area contributed by atoms with Crippen LogP contribution in [0, 0.1) is 16.0 Å². The second kappa shape index (κ2) is 5.83. The van der Waals surface area contributed by atoms with Crippen molar-refractivity contribution in [2.45, 2.75) is 31.7 Å². The SMILES string of the molecule is Nc1cc([N+](=O)[O-])cc(NC2CCCCC2CO)n1. The molecule has 104 valence electrons. The van der Waals surface area contributed by atoms with E-state index in [0.29, 0.717) is 5.82 Å². The van der Waals surface area contributed by atoms with E-state index in [1.165, 1.54) is 12.1 Å². The minimum Gasteiger partial charge on any atom is -0.396 e. The van der Waals surface area contributed by atoms with Gasteiger partial charge in [-0.05, 0) is 12.8 Å². The fourth-order valence-electron chi connectivity index (χ4n) is 2.52. The quantitative estimate of drug-likeness (QED) is 0.562. The second-order valence-electron chi connectivity index (χ2n) is 4.87. The summed E-state index contributed by atoms with van der Waals surface area (Å²) < 4.78 is 0. The Hall–Kier alpha value is -1.89. The van der Waals surface area contributed by atoms with E-state index in [1.807, 2.05) is 0 Å². The average molecular weight is 266 g/mol. The third-order valence-electron chi connectivity index (χ3n) is 3.52. The molecule has 0 aromatic carbocycles. The van der Waals surface area contributed by atoms with Crippen LogP contribution >= 0.6 is 0 Å². The van der Waals surface area contributed by atoms with Crippen molar-refractivity contribution in [2.24, 2.45) is 5.92 Å². The van der Waals surface area contributed by atoms with Gasteiger partial charge in [0.2, 0.25) is 0 Å². The number of rotatable bonds is 4. The lowest BCUT2D eigenvalue weighted by molar-refractivity contribution is -0.384. The van der Waals surface area contributed by atoms with Gasteiger partial charge in [0.15, 0.2) is 0 Å². The van der Waals surface area contributed by atoms with Crippen LogP contribution in [0.2, 0.25) is 0 Å². The molecule has 2 unspecified atom stereocenters. The summed E-state index contributed by atoms with van der Waals surface area (Å²) in [5, 5.41) is 23.3. The molecule has 0 spiro atoms. The normalized spacial score (nSPS) is 23.0. The van der Waals surface area contributed by atoms with Gasteiger partial charge in [-0.15, -0.1) is 0 Å². The summed E-state index contributed by atoms with van der Waals surface area (Å²) in [7, 11) is 0. The fraction of sp³-hybridized carbons (Fsp3) is 0.583. The molecule has 7 nitrogen and oxygen atoms in total. The largest absolute Gasteiger partial charge is 0.396 e. The number of aromatic nitrogens is 1. The monoisotopic (exact) mass is 266 g/mol. The van der Waals surface area contributed by atoms with Crippen LogP contribution < -0.4 is 11.1 Å². The first-order chi connectivity index (χ1) is 9.10. The third-order valence-corrected chi connectivity index (χ3v) is 3.52. The number of pyridine rings is 1. The number of hydrogen-bond donors (Lipinski definition) is 3.